The van der Waals surface area contributed by atoms with Crippen LogP contribution in [0.25, 0.3) is 0 Å². The van der Waals surface area contributed by atoms with E-state index in [0.717, 1.165) is 0 Å². The summed E-state index contributed by atoms with van der Waals surface area (Å²) < 4.78 is 5.31. The van der Waals surface area contributed by atoms with Crippen LogP contribution in [-0.4, -0.2) is 37.1 Å². The van der Waals surface area contributed by atoms with E-state index in [1.54, 1.807) is 11.3 Å². The van der Waals surface area contributed by atoms with Crippen molar-refractivity contribution in [2.45, 2.75) is 20.0 Å². The molecule has 1 atom stereocenters. The normalized spacial score (nSPS) is 20.2. The molecule has 1 amide bonds. The van der Waals surface area contributed by atoms with E-state index < -0.39 is 0 Å². The molecule has 4 nitrogen and oxygen atoms in total. The van der Waals surface area contributed by atoms with Gasteiger partial charge < -0.3 is 9.64 Å². The third kappa shape index (κ3) is 2.86. The molecule has 0 saturated carbocycles. The zero-order valence-electron chi connectivity index (χ0n) is 10.2. The molecule has 1 aromatic heterocycles. The Morgan fingerprint density at radius 1 is 1.59 bits per heavy atom. The lowest BCUT2D eigenvalue weighted by molar-refractivity contribution is -0.128. The van der Waals surface area contributed by atoms with Crippen LogP contribution in [0.2, 0.25) is 0 Å². The van der Waals surface area contributed by atoms with Crippen LogP contribution in [0, 0.1) is 6.92 Å². The first-order valence-electron chi connectivity index (χ1n) is 5.89. The Kier molecular flexibility index (Phi) is 4.15. The van der Waals surface area contributed by atoms with Crippen molar-refractivity contribution in [1.29, 1.82) is 0 Å². The first kappa shape index (κ1) is 12.5. The summed E-state index contributed by atoms with van der Waals surface area (Å²) in [4.78, 5) is 16.1. The molecule has 2 rings (SSSR count). The minimum absolute atomic E-state index is 0.0293. The monoisotopic (exact) mass is 254 g/mol. The van der Waals surface area contributed by atoms with Crippen molar-refractivity contribution < 1.29 is 9.53 Å². The first-order chi connectivity index (χ1) is 8.22. The van der Waals surface area contributed by atoms with Crippen molar-refractivity contribution in [3.63, 3.8) is 0 Å². The maximum atomic E-state index is 11.8. The second-order valence-corrected chi connectivity index (χ2v) is 5.34. The number of hydrogen-bond acceptors (Lipinski definition) is 4. The Balaban J connectivity index is 2.03. The SMILES string of the molecule is CCOCCN1C(=O)CNC1c1ccc(C)s1. The highest BCUT2D eigenvalue weighted by atomic mass is 32.1. The van der Waals surface area contributed by atoms with E-state index in [1.807, 2.05) is 11.8 Å². The zero-order chi connectivity index (χ0) is 12.3. The Morgan fingerprint density at radius 3 is 3.06 bits per heavy atom. The van der Waals surface area contributed by atoms with E-state index in [2.05, 4.69) is 24.4 Å². The van der Waals surface area contributed by atoms with Crippen molar-refractivity contribution in [2.75, 3.05) is 26.3 Å². The molecule has 1 aromatic rings. The molecule has 1 N–H and O–H groups in total. The third-order valence-electron chi connectivity index (χ3n) is 2.79. The van der Waals surface area contributed by atoms with Crippen molar-refractivity contribution in [1.82, 2.24) is 10.2 Å². The summed E-state index contributed by atoms with van der Waals surface area (Å²) in [5.74, 6) is 0.153. The average Bonchev–Trinajstić information content (AvgIpc) is 2.87. The molecule has 94 valence electrons. The minimum atomic E-state index is 0.0293. The molecule has 1 aliphatic rings. The van der Waals surface area contributed by atoms with Gasteiger partial charge in [-0.2, -0.15) is 0 Å². The van der Waals surface area contributed by atoms with E-state index in [9.17, 15) is 4.79 Å². The van der Waals surface area contributed by atoms with Gasteiger partial charge in [0, 0.05) is 22.9 Å². The second kappa shape index (κ2) is 5.62. The number of amides is 1. The Bertz CT molecular complexity index is 392. The lowest BCUT2D eigenvalue weighted by Crippen LogP contribution is -2.32. The fourth-order valence-corrected chi connectivity index (χ4v) is 2.92. The molecule has 0 radical (unpaired) electrons. The number of hydrogen-bond donors (Lipinski definition) is 1. The van der Waals surface area contributed by atoms with Gasteiger partial charge in [-0.05, 0) is 26.0 Å². The number of rotatable bonds is 5. The quantitative estimate of drug-likeness (QED) is 0.810. The number of carbonyl (C=O) groups is 1. The van der Waals surface area contributed by atoms with Gasteiger partial charge in [-0.3, -0.25) is 10.1 Å². The van der Waals surface area contributed by atoms with Crippen molar-refractivity contribution in [2.24, 2.45) is 0 Å². The van der Waals surface area contributed by atoms with Crippen LogP contribution in [0.4, 0.5) is 0 Å². The van der Waals surface area contributed by atoms with Gasteiger partial charge in [0.15, 0.2) is 0 Å². The summed E-state index contributed by atoms with van der Waals surface area (Å²) >= 11 is 1.73. The summed E-state index contributed by atoms with van der Waals surface area (Å²) in [6.45, 7) is 6.41. The summed E-state index contributed by atoms with van der Waals surface area (Å²) in [6, 6.07) is 4.18. The van der Waals surface area contributed by atoms with Gasteiger partial charge in [-0.15, -0.1) is 11.3 Å². The Morgan fingerprint density at radius 2 is 2.41 bits per heavy atom. The van der Waals surface area contributed by atoms with E-state index in [4.69, 9.17) is 4.74 Å². The fourth-order valence-electron chi connectivity index (χ4n) is 1.96. The van der Waals surface area contributed by atoms with Crippen LogP contribution >= 0.6 is 11.3 Å². The predicted octanol–water partition coefficient (Wildman–Crippen LogP) is 1.52. The lowest BCUT2D eigenvalue weighted by Gasteiger charge is -2.23. The fraction of sp³-hybridized carbons (Fsp3) is 0.583. The van der Waals surface area contributed by atoms with Gasteiger partial charge >= 0.3 is 0 Å². The number of ether oxygens (including phenoxy) is 1. The van der Waals surface area contributed by atoms with Crippen LogP contribution in [-0.2, 0) is 9.53 Å². The van der Waals surface area contributed by atoms with Gasteiger partial charge in [-0.25, -0.2) is 0 Å². The van der Waals surface area contributed by atoms with Crippen LogP contribution in [0.5, 0.6) is 0 Å². The van der Waals surface area contributed by atoms with Gasteiger partial charge in [0.1, 0.15) is 6.17 Å². The summed E-state index contributed by atoms with van der Waals surface area (Å²) in [7, 11) is 0. The van der Waals surface area contributed by atoms with Crippen LogP contribution < -0.4 is 5.32 Å². The maximum absolute atomic E-state index is 11.8. The van der Waals surface area contributed by atoms with E-state index in [0.29, 0.717) is 26.3 Å². The van der Waals surface area contributed by atoms with Crippen LogP contribution in [0.15, 0.2) is 12.1 Å². The molecule has 17 heavy (non-hydrogen) atoms. The number of carbonyl (C=O) groups excluding carboxylic acids is 1. The first-order valence-corrected chi connectivity index (χ1v) is 6.71. The summed E-state index contributed by atoms with van der Waals surface area (Å²) in [5.41, 5.74) is 0. The highest BCUT2D eigenvalue weighted by Crippen LogP contribution is 2.28. The molecule has 1 fully saturated rings. The summed E-state index contributed by atoms with van der Waals surface area (Å²) in [6.07, 6.45) is 0.0293. The van der Waals surface area contributed by atoms with Gasteiger partial charge in [0.05, 0.1) is 13.2 Å². The molecular weight excluding hydrogens is 236 g/mol. The van der Waals surface area contributed by atoms with Gasteiger partial charge in [0.25, 0.3) is 0 Å². The Hall–Kier alpha value is -0.910. The smallest absolute Gasteiger partial charge is 0.238 e. The van der Waals surface area contributed by atoms with Crippen molar-refractivity contribution >= 4 is 17.2 Å². The molecule has 0 spiro atoms. The molecular formula is C12H18N2O2S. The molecule has 0 aliphatic carbocycles. The van der Waals surface area contributed by atoms with Crippen LogP contribution in [0.1, 0.15) is 22.8 Å². The average molecular weight is 254 g/mol. The lowest BCUT2D eigenvalue weighted by atomic mass is 10.3. The molecule has 1 aliphatic heterocycles. The largest absolute Gasteiger partial charge is 0.380 e. The second-order valence-electron chi connectivity index (χ2n) is 4.02. The zero-order valence-corrected chi connectivity index (χ0v) is 11.0. The molecule has 0 bridgehead atoms. The topological polar surface area (TPSA) is 41.6 Å². The number of thiophene rings is 1. The minimum Gasteiger partial charge on any atom is -0.380 e. The highest BCUT2D eigenvalue weighted by molar-refractivity contribution is 7.12. The maximum Gasteiger partial charge on any atom is 0.238 e. The van der Waals surface area contributed by atoms with E-state index in [-0.39, 0.29) is 12.1 Å². The third-order valence-corrected chi connectivity index (χ3v) is 3.84. The van der Waals surface area contributed by atoms with Gasteiger partial charge in [-0.1, -0.05) is 0 Å². The standard InChI is InChI=1S/C12H18N2O2S/c1-3-16-7-6-14-11(15)8-13-12(14)10-5-4-9(2)17-10/h4-5,12-13H,3,6-8H2,1-2H3. The molecule has 1 unspecified atom stereocenters. The van der Waals surface area contributed by atoms with E-state index in [1.165, 1.54) is 9.75 Å². The molecule has 5 heteroatoms. The van der Waals surface area contributed by atoms with Crippen molar-refractivity contribution in [3.8, 4) is 0 Å². The highest BCUT2D eigenvalue weighted by Gasteiger charge is 2.31. The number of aryl methyl sites for hydroxylation is 1. The molecule has 1 saturated heterocycles. The predicted molar refractivity (Wildman–Crippen MR) is 68.0 cm³/mol. The molecule has 0 aromatic carbocycles. The summed E-state index contributed by atoms with van der Waals surface area (Å²) in [5, 5.41) is 3.24. The number of nitrogens with zero attached hydrogens (tertiary/aromatic N) is 1. The molecule has 2 heterocycles. The van der Waals surface area contributed by atoms with Gasteiger partial charge in [0.2, 0.25) is 5.91 Å². The van der Waals surface area contributed by atoms with E-state index >= 15 is 0 Å². The Labute approximate surface area is 106 Å². The van der Waals surface area contributed by atoms with Crippen molar-refractivity contribution in [3.05, 3.63) is 21.9 Å². The number of nitrogens with one attached hydrogen (secondary N) is 1. The van der Waals surface area contributed by atoms with Crippen LogP contribution in [0.3, 0.4) is 0 Å².